The van der Waals surface area contributed by atoms with Crippen molar-refractivity contribution >= 4 is 29.0 Å². The molecule has 2 N–H and O–H groups in total. The van der Waals surface area contributed by atoms with Gasteiger partial charge in [-0.1, -0.05) is 23.2 Å². The number of rotatable bonds is 5. The Morgan fingerprint density at radius 3 is 2.71 bits per heavy atom. The molecule has 94 valence electrons. The third-order valence-corrected chi connectivity index (χ3v) is 3.66. The lowest BCUT2D eigenvalue weighted by atomic mass is 9.91. The predicted octanol–water partition coefficient (Wildman–Crippen LogP) is 3.10. The second-order valence-electron chi connectivity index (χ2n) is 4.38. The number of hydrogen-bond acceptors (Lipinski definition) is 3. The van der Waals surface area contributed by atoms with E-state index in [1.807, 2.05) is 0 Å². The third kappa shape index (κ3) is 3.03. The van der Waals surface area contributed by atoms with Crippen LogP contribution in [0.15, 0.2) is 12.3 Å². The van der Waals surface area contributed by atoms with Crippen molar-refractivity contribution in [2.24, 2.45) is 5.73 Å². The minimum absolute atomic E-state index is 0.563. The molecule has 0 atom stereocenters. The monoisotopic (exact) mass is 273 g/mol. The van der Waals surface area contributed by atoms with Crippen molar-refractivity contribution in [2.75, 3.05) is 18.0 Å². The summed E-state index contributed by atoms with van der Waals surface area (Å²) < 4.78 is 0. The molecule has 0 radical (unpaired) electrons. The van der Waals surface area contributed by atoms with E-state index in [9.17, 15) is 0 Å². The third-order valence-electron chi connectivity index (χ3n) is 3.18. The highest BCUT2D eigenvalue weighted by Crippen LogP contribution is 2.33. The van der Waals surface area contributed by atoms with Crippen molar-refractivity contribution in [2.45, 2.75) is 31.7 Å². The van der Waals surface area contributed by atoms with Crippen molar-refractivity contribution in [3.8, 4) is 0 Å². The number of nitrogens with two attached hydrogens (primary N) is 1. The molecule has 0 amide bonds. The number of halogens is 2. The number of pyridine rings is 1. The highest BCUT2D eigenvalue weighted by atomic mass is 35.5. The van der Waals surface area contributed by atoms with Gasteiger partial charge in [-0.25, -0.2) is 4.98 Å². The Morgan fingerprint density at radius 2 is 2.18 bits per heavy atom. The van der Waals surface area contributed by atoms with E-state index in [1.54, 1.807) is 12.3 Å². The highest BCUT2D eigenvalue weighted by Gasteiger charge is 2.26. The smallest absolute Gasteiger partial charge is 0.147 e. The summed E-state index contributed by atoms with van der Waals surface area (Å²) in [6.07, 6.45) is 6.32. The second-order valence-corrected chi connectivity index (χ2v) is 5.22. The first-order valence-electron chi connectivity index (χ1n) is 6.00. The van der Waals surface area contributed by atoms with Crippen LogP contribution in [0.3, 0.4) is 0 Å². The zero-order chi connectivity index (χ0) is 12.3. The maximum absolute atomic E-state index is 6.21. The molecule has 1 saturated carbocycles. The fourth-order valence-corrected chi connectivity index (χ4v) is 2.53. The first kappa shape index (κ1) is 12.9. The largest absolute Gasteiger partial charge is 0.352 e. The number of nitrogens with zero attached hydrogens (tertiary/aromatic N) is 2. The Morgan fingerprint density at radius 1 is 1.41 bits per heavy atom. The van der Waals surface area contributed by atoms with E-state index in [2.05, 4.69) is 9.88 Å². The molecule has 1 aliphatic carbocycles. The first-order chi connectivity index (χ1) is 8.22. The molecule has 1 heterocycles. The van der Waals surface area contributed by atoms with Crippen LogP contribution in [0, 0.1) is 0 Å². The van der Waals surface area contributed by atoms with E-state index >= 15 is 0 Å². The van der Waals surface area contributed by atoms with Gasteiger partial charge in [0.2, 0.25) is 0 Å². The van der Waals surface area contributed by atoms with E-state index in [-0.39, 0.29) is 0 Å². The molecule has 2 rings (SSSR count). The van der Waals surface area contributed by atoms with Crippen LogP contribution in [0.4, 0.5) is 5.82 Å². The topological polar surface area (TPSA) is 42.1 Å². The molecule has 1 aromatic heterocycles. The molecular formula is C12H17Cl2N3. The van der Waals surface area contributed by atoms with Crippen LogP contribution in [0.2, 0.25) is 10.0 Å². The van der Waals surface area contributed by atoms with Gasteiger partial charge >= 0.3 is 0 Å². The zero-order valence-electron chi connectivity index (χ0n) is 9.70. The van der Waals surface area contributed by atoms with Crippen LogP contribution in [0.25, 0.3) is 0 Å². The normalized spacial score (nSPS) is 15.7. The zero-order valence-corrected chi connectivity index (χ0v) is 11.2. The van der Waals surface area contributed by atoms with Gasteiger partial charge in [0.1, 0.15) is 5.82 Å². The van der Waals surface area contributed by atoms with E-state index in [0.29, 0.717) is 22.6 Å². The maximum atomic E-state index is 6.21. The average Bonchev–Trinajstić information content (AvgIpc) is 2.22. The summed E-state index contributed by atoms with van der Waals surface area (Å²) in [7, 11) is 0. The molecule has 0 spiro atoms. The lowest BCUT2D eigenvalue weighted by Gasteiger charge is -2.38. The highest BCUT2D eigenvalue weighted by molar-refractivity contribution is 6.36. The molecule has 3 nitrogen and oxygen atoms in total. The Kier molecular flexibility index (Phi) is 4.48. The molecule has 0 aromatic carbocycles. The van der Waals surface area contributed by atoms with Crippen molar-refractivity contribution in [1.82, 2.24) is 4.98 Å². The second kappa shape index (κ2) is 5.89. The van der Waals surface area contributed by atoms with Gasteiger partial charge < -0.3 is 10.6 Å². The number of aromatic nitrogens is 1. The molecule has 0 bridgehead atoms. The van der Waals surface area contributed by atoms with E-state index in [4.69, 9.17) is 28.9 Å². The molecule has 0 unspecified atom stereocenters. The van der Waals surface area contributed by atoms with Crippen molar-refractivity contribution in [1.29, 1.82) is 0 Å². The van der Waals surface area contributed by atoms with Gasteiger partial charge in [-0.15, -0.1) is 0 Å². The van der Waals surface area contributed by atoms with Crippen LogP contribution >= 0.6 is 23.2 Å². The summed E-state index contributed by atoms with van der Waals surface area (Å²) in [5, 5.41) is 1.20. The van der Waals surface area contributed by atoms with Gasteiger partial charge in [0.25, 0.3) is 0 Å². The minimum Gasteiger partial charge on any atom is -0.352 e. The van der Waals surface area contributed by atoms with Crippen LogP contribution in [0.1, 0.15) is 25.7 Å². The van der Waals surface area contributed by atoms with Crippen molar-refractivity contribution in [3.05, 3.63) is 22.3 Å². The standard InChI is InChI=1S/C12H17Cl2N3/c13-9-7-11(14)12(16-8-9)17(6-2-5-15)10-3-1-4-10/h7-8,10H,1-6,15H2. The minimum atomic E-state index is 0.563. The predicted molar refractivity (Wildman–Crippen MR) is 72.9 cm³/mol. The van der Waals surface area contributed by atoms with Crippen LogP contribution < -0.4 is 10.6 Å². The quantitative estimate of drug-likeness (QED) is 0.897. The van der Waals surface area contributed by atoms with Crippen molar-refractivity contribution in [3.63, 3.8) is 0 Å². The SMILES string of the molecule is NCCCN(c1ncc(Cl)cc1Cl)C1CCC1. The number of anilines is 1. The molecule has 0 saturated heterocycles. The lowest BCUT2D eigenvalue weighted by Crippen LogP contribution is -2.42. The molecule has 1 aromatic rings. The van der Waals surface area contributed by atoms with Gasteiger partial charge in [-0.3, -0.25) is 0 Å². The van der Waals surface area contributed by atoms with E-state index in [1.165, 1.54) is 19.3 Å². The Bertz CT molecular complexity index is 380. The summed E-state index contributed by atoms with van der Waals surface area (Å²) in [6.45, 7) is 1.60. The van der Waals surface area contributed by atoms with Crippen LogP contribution in [-0.4, -0.2) is 24.1 Å². The molecule has 5 heteroatoms. The summed E-state index contributed by atoms with van der Waals surface area (Å²) >= 11 is 12.1. The van der Waals surface area contributed by atoms with Crippen LogP contribution in [-0.2, 0) is 0 Å². The average molecular weight is 274 g/mol. The molecule has 17 heavy (non-hydrogen) atoms. The Labute approximate surface area is 112 Å². The molecule has 1 aliphatic rings. The summed E-state index contributed by atoms with van der Waals surface area (Å²) in [6, 6.07) is 2.31. The summed E-state index contributed by atoms with van der Waals surface area (Å²) in [5.74, 6) is 0.842. The molecule has 1 fully saturated rings. The van der Waals surface area contributed by atoms with Gasteiger partial charge in [0.15, 0.2) is 0 Å². The fourth-order valence-electron chi connectivity index (χ4n) is 2.04. The van der Waals surface area contributed by atoms with Gasteiger partial charge in [-0.05, 0) is 38.3 Å². The van der Waals surface area contributed by atoms with Gasteiger partial charge in [0.05, 0.1) is 10.0 Å². The summed E-state index contributed by atoms with van der Waals surface area (Å²) in [4.78, 5) is 6.63. The van der Waals surface area contributed by atoms with Gasteiger partial charge in [-0.2, -0.15) is 0 Å². The van der Waals surface area contributed by atoms with E-state index in [0.717, 1.165) is 18.8 Å². The Hall–Kier alpha value is -0.510. The van der Waals surface area contributed by atoms with E-state index < -0.39 is 0 Å². The Balaban J connectivity index is 2.17. The summed E-state index contributed by atoms with van der Waals surface area (Å²) in [5.41, 5.74) is 5.58. The first-order valence-corrected chi connectivity index (χ1v) is 6.75. The molecular weight excluding hydrogens is 257 g/mol. The fraction of sp³-hybridized carbons (Fsp3) is 0.583. The molecule has 0 aliphatic heterocycles. The van der Waals surface area contributed by atoms with Gasteiger partial charge in [0, 0.05) is 18.8 Å². The van der Waals surface area contributed by atoms with Crippen LogP contribution in [0.5, 0.6) is 0 Å². The lowest BCUT2D eigenvalue weighted by molar-refractivity contribution is 0.383. The number of hydrogen-bond donors (Lipinski definition) is 1. The van der Waals surface area contributed by atoms with Crippen molar-refractivity contribution < 1.29 is 0 Å². The maximum Gasteiger partial charge on any atom is 0.147 e.